The summed E-state index contributed by atoms with van der Waals surface area (Å²) in [5.74, 6) is 0.0988. The van der Waals surface area contributed by atoms with Crippen molar-refractivity contribution in [3.8, 4) is 0 Å². The van der Waals surface area contributed by atoms with Crippen LogP contribution < -0.4 is 10.6 Å². The van der Waals surface area contributed by atoms with E-state index in [0.717, 1.165) is 16.8 Å². The maximum atomic E-state index is 11.7. The molecule has 19 heavy (non-hydrogen) atoms. The van der Waals surface area contributed by atoms with Crippen LogP contribution in [-0.4, -0.2) is 17.8 Å². The Morgan fingerprint density at radius 3 is 2.58 bits per heavy atom. The minimum atomic E-state index is -0.522. The number of imide groups is 1. The molecule has 0 aromatic heterocycles. The SMILES string of the molecule is Cc1cccc(C(C)C)c1NC(=O)NC(=O)CCCl. The second-order valence-electron chi connectivity index (χ2n) is 4.64. The molecule has 0 atom stereocenters. The Kier molecular flexibility index (Phi) is 5.83. The lowest BCUT2D eigenvalue weighted by Gasteiger charge is -2.16. The molecule has 4 nitrogen and oxygen atoms in total. The minimum absolute atomic E-state index is 0.125. The number of nitrogens with one attached hydrogen (secondary N) is 2. The molecular weight excluding hydrogens is 264 g/mol. The van der Waals surface area contributed by atoms with E-state index < -0.39 is 6.03 Å². The number of para-hydroxylation sites is 1. The highest BCUT2D eigenvalue weighted by molar-refractivity contribution is 6.19. The molecule has 0 spiro atoms. The molecule has 1 aromatic carbocycles. The van der Waals surface area contributed by atoms with Crippen LogP contribution in [0.15, 0.2) is 18.2 Å². The van der Waals surface area contributed by atoms with Gasteiger partial charge in [0.25, 0.3) is 0 Å². The van der Waals surface area contributed by atoms with Gasteiger partial charge in [-0.3, -0.25) is 10.1 Å². The van der Waals surface area contributed by atoms with Crippen LogP contribution in [-0.2, 0) is 4.79 Å². The topological polar surface area (TPSA) is 58.2 Å². The maximum Gasteiger partial charge on any atom is 0.325 e. The zero-order valence-electron chi connectivity index (χ0n) is 11.4. The number of halogens is 1. The van der Waals surface area contributed by atoms with Gasteiger partial charge in [-0.05, 0) is 24.0 Å². The zero-order valence-corrected chi connectivity index (χ0v) is 12.2. The van der Waals surface area contributed by atoms with Crippen LogP contribution in [0.2, 0.25) is 0 Å². The van der Waals surface area contributed by atoms with E-state index in [9.17, 15) is 9.59 Å². The number of carbonyl (C=O) groups is 2. The Labute approximate surface area is 118 Å². The Hall–Kier alpha value is -1.55. The van der Waals surface area contributed by atoms with Gasteiger partial charge in [0.2, 0.25) is 5.91 Å². The summed E-state index contributed by atoms with van der Waals surface area (Å²) in [4.78, 5) is 23.0. The van der Waals surface area contributed by atoms with Crippen LogP contribution in [0.1, 0.15) is 37.3 Å². The predicted octanol–water partition coefficient (Wildman–Crippen LogP) is 3.40. The molecule has 0 saturated carbocycles. The molecule has 0 aliphatic heterocycles. The molecule has 0 heterocycles. The van der Waals surface area contributed by atoms with Gasteiger partial charge in [0.15, 0.2) is 0 Å². The summed E-state index contributed by atoms with van der Waals surface area (Å²) in [6.45, 7) is 6.02. The van der Waals surface area contributed by atoms with Crippen LogP contribution in [0.25, 0.3) is 0 Å². The molecule has 2 N–H and O–H groups in total. The quantitative estimate of drug-likeness (QED) is 0.832. The highest BCUT2D eigenvalue weighted by Gasteiger charge is 2.13. The highest BCUT2D eigenvalue weighted by atomic mass is 35.5. The molecule has 1 rings (SSSR count). The average Bonchev–Trinajstić information content (AvgIpc) is 2.31. The van der Waals surface area contributed by atoms with Gasteiger partial charge in [-0.25, -0.2) is 4.79 Å². The number of urea groups is 1. The first kappa shape index (κ1) is 15.5. The van der Waals surface area contributed by atoms with Crippen molar-refractivity contribution >= 4 is 29.2 Å². The first-order valence-electron chi connectivity index (χ1n) is 6.22. The molecular formula is C14H19ClN2O2. The number of amides is 3. The fourth-order valence-electron chi connectivity index (χ4n) is 1.76. The monoisotopic (exact) mass is 282 g/mol. The van der Waals surface area contributed by atoms with Crippen molar-refractivity contribution in [1.29, 1.82) is 0 Å². The number of alkyl halides is 1. The van der Waals surface area contributed by atoms with Crippen molar-refractivity contribution in [2.24, 2.45) is 0 Å². The number of aryl methyl sites for hydroxylation is 1. The van der Waals surface area contributed by atoms with E-state index in [1.54, 1.807) is 0 Å². The maximum absolute atomic E-state index is 11.7. The third-order valence-corrected chi connectivity index (χ3v) is 2.93. The van der Waals surface area contributed by atoms with Gasteiger partial charge in [-0.2, -0.15) is 0 Å². The van der Waals surface area contributed by atoms with E-state index in [-0.39, 0.29) is 24.1 Å². The van der Waals surface area contributed by atoms with Gasteiger partial charge in [-0.15, -0.1) is 11.6 Å². The molecule has 104 valence electrons. The number of hydrogen-bond acceptors (Lipinski definition) is 2. The third kappa shape index (κ3) is 4.56. The molecule has 0 bridgehead atoms. The Morgan fingerprint density at radius 1 is 1.32 bits per heavy atom. The van der Waals surface area contributed by atoms with E-state index >= 15 is 0 Å². The van der Waals surface area contributed by atoms with Gasteiger partial charge in [-0.1, -0.05) is 32.0 Å². The van der Waals surface area contributed by atoms with Crippen LogP contribution in [0.3, 0.4) is 0 Å². The minimum Gasteiger partial charge on any atom is -0.307 e. The largest absolute Gasteiger partial charge is 0.325 e. The van der Waals surface area contributed by atoms with E-state index in [0.29, 0.717) is 0 Å². The summed E-state index contributed by atoms with van der Waals surface area (Å²) in [7, 11) is 0. The first-order chi connectivity index (χ1) is 8.95. The lowest BCUT2D eigenvalue weighted by atomic mass is 9.98. The van der Waals surface area contributed by atoms with Gasteiger partial charge >= 0.3 is 6.03 Å². The molecule has 0 fully saturated rings. The number of carbonyl (C=O) groups excluding carboxylic acids is 2. The highest BCUT2D eigenvalue weighted by Crippen LogP contribution is 2.27. The molecule has 0 saturated heterocycles. The summed E-state index contributed by atoms with van der Waals surface area (Å²) in [6, 6.07) is 5.31. The Morgan fingerprint density at radius 2 is 2.00 bits per heavy atom. The third-order valence-electron chi connectivity index (χ3n) is 2.74. The second kappa shape index (κ2) is 7.14. The number of anilines is 1. The Balaban J connectivity index is 2.82. The smallest absolute Gasteiger partial charge is 0.307 e. The van der Waals surface area contributed by atoms with Crippen LogP contribution in [0.5, 0.6) is 0 Å². The number of benzene rings is 1. The standard InChI is InChI=1S/C14H19ClN2O2/c1-9(2)11-6-4-5-10(3)13(11)17-14(19)16-12(18)7-8-15/h4-6,9H,7-8H2,1-3H3,(H2,16,17,18,19). The molecule has 0 radical (unpaired) electrons. The van der Waals surface area contributed by atoms with Crippen molar-refractivity contribution in [1.82, 2.24) is 5.32 Å². The van der Waals surface area contributed by atoms with Crippen molar-refractivity contribution in [3.05, 3.63) is 29.3 Å². The van der Waals surface area contributed by atoms with Gasteiger partial charge in [0.05, 0.1) is 0 Å². The normalized spacial score (nSPS) is 10.4. The van der Waals surface area contributed by atoms with E-state index in [4.69, 9.17) is 11.6 Å². The van der Waals surface area contributed by atoms with Gasteiger partial charge in [0, 0.05) is 18.0 Å². The summed E-state index contributed by atoms with van der Waals surface area (Å²) >= 11 is 5.44. The first-order valence-corrected chi connectivity index (χ1v) is 6.75. The predicted molar refractivity (Wildman–Crippen MR) is 77.8 cm³/mol. The lowest BCUT2D eigenvalue weighted by Crippen LogP contribution is -2.34. The van der Waals surface area contributed by atoms with Crippen molar-refractivity contribution < 1.29 is 9.59 Å². The fraction of sp³-hybridized carbons (Fsp3) is 0.429. The van der Waals surface area contributed by atoms with Crippen LogP contribution in [0.4, 0.5) is 10.5 Å². The number of rotatable bonds is 4. The van der Waals surface area contributed by atoms with Crippen molar-refractivity contribution in [2.45, 2.75) is 33.1 Å². The summed E-state index contributed by atoms with van der Waals surface area (Å²) in [5, 5.41) is 4.98. The average molecular weight is 283 g/mol. The van der Waals surface area contributed by atoms with Gasteiger partial charge < -0.3 is 5.32 Å². The van der Waals surface area contributed by atoms with E-state index in [2.05, 4.69) is 24.5 Å². The Bertz CT molecular complexity index is 473. The van der Waals surface area contributed by atoms with Crippen LogP contribution >= 0.6 is 11.6 Å². The van der Waals surface area contributed by atoms with E-state index in [1.165, 1.54) is 0 Å². The molecule has 0 unspecified atom stereocenters. The summed E-state index contributed by atoms with van der Waals surface area (Å²) in [6.07, 6.45) is 0.125. The molecule has 0 aliphatic rings. The summed E-state index contributed by atoms with van der Waals surface area (Å²) < 4.78 is 0. The van der Waals surface area contributed by atoms with Crippen molar-refractivity contribution in [2.75, 3.05) is 11.2 Å². The van der Waals surface area contributed by atoms with Crippen LogP contribution in [0, 0.1) is 6.92 Å². The summed E-state index contributed by atoms with van der Waals surface area (Å²) in [5.41, 5.74) is 2.76. The molecule has 5 heteroatoms. The second-order valence-corrected chi connectivity index (χ2v) is 5.01. The molecule has 1 aromatic rings. The van der Waals surface area contributed by atoms with E-state index in [1.807, 2.05) is 25.1 Å². The number of hydrogen-bond donors (Lipinski definition) is 2. The fourth-order valence-corrected chi connectivity index (χ4v) is 1.93. The lowest BCUT2D eigenvalue weighted by molar-refractivity contribution is -0.119. The zero-order chi connectivity index (χ0) is 14.4. The van der Waals surface area contributed by atoms with Gasteiger partial charge in [0.1, 0.15) is 0 Å². The molecule has 0 aliphatic carbocycles. The molecule has 3 amide bonds. The van der Waals surface area contributed by atoms with Crippen molar-refractivity contribution in [3.63, 3.8) is 0 Å².